The minimum absolute atomic E-state index is 0.454. The van der Waals surface area contributed by atoms with Crippen LogP contribution in [0.3, 0.4) is 0 Å². The zero-order chi connectivity index (χ0) is 23.5. The molecule has 3 aromatic heterocycles. The maximum Gasteiger partial charge on any atom is 0.184 e. The van der Waals surface area contributed by atoms with E-state index in [1.807, 2.05) is 24.3 Å². The summed E-state index contributed by atoms with van der Waals surface area (Å²) in [6, 6.07) is 10.4. The third kappa shape index (κ3) is 4.94. The van der Waals surface area contributed by atoms with E-state index in [1.165, 1.54) is 37.8 Å². The lowest BCUT2D eigenvalue weighted by Crippen LogP contribution is -2.27. The first-order valence-corrected chi connectivity index (χ1v) is 13.3. The van der Waals surface area contributed by atoms with Gasteiger partial charge in [-0.3, -0.25) is 4.98 Å². The highest BCUT2D eigenvalue weighted by molar-refractivity contribution is 7.22. The lowest BCUT2D eigenvalue weighted by atomic mass is 9.85. The smallest absolute Gasteiger partial charge is 0.184 e. The Morgan fingerprint density at radius 2 is 1.88 bits per heavy atom. The summed E-state index contributed by atoms with van der Waals surface area (Å²) in [5, 5.41) is 4.65. The van der Waals surface area contributed by atoms with Crippen molar-refractivity contribution in [1.29, 1.82) is 0 Å². The van der Waals surface area contributed by atoms with E-state index in [0.29, 0.717) is 6.04 Å². The zero-order valence-electron chi connectivity index (χ0n) is 20.2. The van der Waals surface area contributed by atoms with Crippen LogP contribution >= 0.6 is 11.3 Å². The van der Waals surface area contributed by atoms with Crippen LogP contribution in [0.5, 0.6) is 11.5 Å². The molecule has 0 aliphatic heterocycles. The number of rotatable bonds is 8. The fourth-order valence-electron chi connectivity index (χ4n) is 4.87. The summed E-state index contributed by atoms with van der Waals surface area (Å²) in [7, 11) is 0. The molecule has 1 fully saturated rings. The largest absolute Gasteiger partial charge is 0.457 e. The first-order valence-electron chi connectivity index (χ1n) is 12.5. The monoisotopic (exact) mass is 475 g/mol. The average molecular weight is 476 g/mol. The van der Waals surface area contributed by atoms with Crippen LogP contribution in [-0.2, 0) is 12.8 Å². The minimum Gasteiger partial charge on any atom is -0.457 e. The standard InChI is InChI=1S/C27H33N5OS/c1-4-21-22(5-2)31-26(30-21)24-15-20(13-14-28-24)33-19-11-12-23-25(16-19)34-27(32-23)29-17(3)18-9-7-6-8-10-18/h11-18H,4-10H2,1-3H3,(H,29,32)(H,30,31). The summed E-state index contributed by atoms with van der Waals surface area (Å²) >= 11 is 1.69. The number of thiazole rings is 1. The lowest BCUT2D eigenvalue weighted by Gasteiger charge is -2.28. The molecule has 0 saturated heterocycles. The van der Waals surface area contributed by atoms with E-state index >= 15 is 0 Å². The van der Waals surface area contributed by atoms with Crippen LogP contribution in [-0.4, -0.2) is 26.0 Å². The van der Waals surface area contributed by atoms with Crippen LogP contribution in [0.25, 0.3) is 21.7 Å². The van der Waals surface area contributed by atoms with E-state index in [9.17, 15) is 0 Å². The van der Waals surface area contributed by atoms with Crippen LogP contribution in [0, 0.1) is 5.92 Å². The fourth-order valence-corrected chi connectivity index (χ4v) is 5.86. The van der Waals surface area contributed by atoms with Crippen molar-refractivity contribution in [3.63, 3.8) is 0 Å². The van der Waals surface area contributed by atoms with Crippen molar-refractivity contribution in [2.75, 3.05) is 5.32 Å². The molecule has 7 heteroatoms. The molecule has 34 heavy (non-hydrogen) atoms. The highest BCUT2D eigenvalue weighted by Gasteiger charge is 2.21. The van der Waals surface area contributed by atoms with Gasteiger partial charge in [-0.05, 0) is 56.7 Å². The number of ether oxygens (including phenoxy) is 1. The Labute approximate surface area is 205 Å². The minimum atomic E-state index is 0.454. The highest BCUT2D eigenvalue weighted by atomic mass is 32.1. The van der Waals surface area contributed by atoms with Gasteiger partial charge < -0.3 is 15.0 Å². The van der Waals surface area contributed by atoms with Gasteiger partial charge in [0.1, 0.15) is 17.2 Å². The van der Waals surface area contributed by atoms with Crippen LogP contribution in [0.2, 0.25) is 0 Å². The van der Waals surface area contributed by atoms with Gasteiger partial charge in [0, 0.05) is 30.1 Å². The molecule has 1 aromatic carbocycles. The summed E-state index contributed by atoms with van der Waals surface area (Å²) < 4.78 is 7.32. The number of benzene rings is 1. The summed E-state index contributed by atoms with van der Waals surface area (Å²) in [6.07, 6.45) is 10.3. The fraction of sp³-hybridized carbons (Fsp3) is 0.444. The Kier molecular flexibility index (Phi) is 6.81. The molecule has 1 aliphatic rings. The topological polar surface area (TPSA) is 75.7 Å². The second-order valence-electron chi connectivity index (χ2n) is 9.18. The Hall–Kier alpha value is -2.93. The molecule has 0 amide bonds. The van der Waals surface area contributed by atoms with Crippen molar-refractivity contribution < 1.29 is 4.74 Å². The van der Waals surface area contributed by atoms with Gasteiger partial charge in [0.15, 0.2) is 11.0 Å². The molecule has 3 heterocycles. The average Bonchev–Trinajstić information content (AvgIpc) is 3.47. The first-order chi connectivity index (χ1) is 16.6. The van der Waals surface area contributed by atoms with E-state index in [4.69, 9.17) is 14.7 Å². The molecule has 1 unspecified atom stereocenters. The van der Waals surface area contributed by atoms with E-state index in [1.54, 1.807) is 17.5 Å². The second kappa shape index (κ2) is 10.1. The molecule has 0 bridgehead atoms. The van der Waals surface area contributed by atoms with Crippen molar-refractivity contribution >= 4 is 26.7 Å². The summed E-state index contributed by atoms with van der Waals surface area (Å²) in [5.74, 6) is 3.07. The molecule has 1 aliphatic carbocycles. The molecule has 2 N–H and O–H groups in total. The van der Waals surface area contributed by atoms with Gasteiger partial charge in [-0.15, -0.1) is 0 Å². The summed E-state index contributed by atoms with van der Waals surface area (Å²) in [5.41, 5.74) is 4.06. The Morgan fingerprint density at radius 3 is 2.65 bits per heavy atom. The van der Waals surface area contributed by atoms with Crippen LogP contribution in [0.15, 0.2) is 36.5 Å². The maximum absolute atomic E-state index is 6.20. The van der Waals surface area contributed by atoms with Gasteiger partial charge in [-0.2, -0.15) is 0 Å². The molecule has 6 nitrogen and oxygen atoms in total. The molecule has 0 spiro atoms. The second-order valence-corrected chi connectivity index (χ2v) is 10.2. The van der Waals surface area contributed by atoms with Gasteiger partial charge in [-0.1, -0.05) is 44.4 Å². The quantitative estimate of drug-likeness (QED) is 0.278. The van der Waals surface area contributed by atoms with Crippen molar-refractivity contribution in [2.45, 2.75) is 71.8 Å². The number of fused-ring (bicyclic) bond motifs is 1. The lowest BCUT2D eigenvalue weighted by molar-refractivity contribution is 0.328. The number of anilines is 1. The van der Waals surface area contributed by atoms with Crippen molar-refractivity contribution in [3.05, 3.63) is 47.9 Å². The molecule has 5 rings (SSSR count). The predicted molar refractivity (Wildman–Crippen MR) is 140 cm³/mol. The Balaban J connectivity index is 1.31. The van der Waals surface area contributed by atoms with E-state index in [2.05, 4.69) is 42.1 Å². The maximum atomic E-state index is 6.20. The molecule has 178 valence electrons. The number of nitrogens with zero attached hydrogens (tertiary/aromatic N) is 3. The van der Waals surface area contributed by atoms with Crippen molar-refractivity contribution in [1.82, 2.24) is 19.9 Å². The molecule has 0 radical (unpaired) electrons. The highest BCUT2D eigenvalue weighted by Crippen LogP contribution is 2.34. The normalized spacial score (nSPS) is 15.5. The molecule has 4 aromatic rings. The number of aromatic nitrogens is 4. The van der Waals surface area contributed by atoms with Crippen LogP contribution in [0.1, 0.15) is 64.3 Å². The molecular weight excluding hydrogens is 442 g/mol. The predicted octanol–water partition coefficient (Wildman–Crippen LogP) is 7.38. The number of hydrogen-bond donors (Lipinski definition) is 2. The van der Waals surface area contributed by atoms with Gasteiger partial charge in [0.05, 0.1) is 15.9 Å². The van der Waals surface area contributed by atoms with Crippen molar-refractivity contribution in [2.24, 2.45) is 5.92 Å². The van der Waals surface area contributed by atoms with Crippen LogP contribution in [0.4, 0.5) is 5.13 Å². The van der Waals surface area contributed by atoms with Gasteiger partial charge in [-0.25, -0.2) is 9.97 Å². The number of aromatic amines is 1. The van der Waals surface area contributed by atoms with E-state index < -0.39 is 0 Å². The SMILES string of the molecule is CCc1nc(-c2cc(Oc3ccc4nc(NC(C)C5CCCCC5)sc4c3)ccn2)[nH]c1CC. The Bertz CT molecular complexity index is 1240. The van der Waals surface area contributed by atoms with Gasteiger partial charge in [0.2, 0.25) is 0 Å². The van der Waals surface area contributed by atoms with Gasteiger partial charge >= 0.3 is 0 Å². The molecular formula is C27H33N5OS. The summed E-state index contributed by atoms with van der Waals surface area (Å²) in [6.45, 7) is 6.55. The first kappa shape index (κ1) is 22.8. The number of imidazole rings is 1. The molecule has 1 atom stereocenters. The third-order valence-electron chi connectivity index (χ3n) is 6.83. The van der Waals surface area contributed by atoms with Crippen molar-refractivity contribution in [3.8, 4) is 23.0 Å². The zero-order valence-corrected chi connectivity index (χ0v) is 21.0. The number of hydrogen-bond acceptors (Lipinski definition) is 6. The third-order valence-corrected chi connectivity index (χ3v) is 7.78. The van der Waals surface area contributed by atoms with E-state index in [-0.39, 0.29) is 0 Å². The molecule has 1 saturated carbocycles. The van der Waals surface area contributed by atoms with Gasteiger partial charge in [0.25, 0.3) is 0 Å². The van der Waals surface area contributed by atoms with E-state index in [0.717, 1.165) is 62.8 Å². The number of pyridine rings is 1. The number of H-pyrrole nitrogens is 1. The Morgan fingerprint density at radius 1 is 1.06 bits per heavy atom. The number of aryl methyl sites for hydroxylation is 2. The summed E-state index contributed by atoms with van der Waals surface area (Å²) in [4.78, 5) is 17.5. The van der Waals surface area contributed by atoms with Crippen LogP contribution < -0.4 is 10.1 Å². The number of nitrogens with one attached hydrogen (secondary N) is 2.